The second-order valence-corrected chi connectivity index (χ2v) is 4.39. The number of rotatable bonds is 4. The smallest absolute Gasteiger partial charge is 0.465 e. The third-order valence-electron chi connectivity index (χ3n) is 2.57. The summed E-state index contributed by atoms with van der Waals surface area (Å²) in [5.74, 6) is -0.999. The lowest BCUT2D eigenvalue weighted by Crippen LogP contribution is -2.32. The van der Waals surface area contributed by atoms with E-state index in [0.29, 0.717) is 0 Å². The number of hydrogen-bond acceptors (Lipinski definition) is 3. The van der Waals surface area contributed by atoms with Gasteiger partial charge in [-0.2, -0.15) is 0 Å². The summed E-state index contributed by atoms with van der Waals surface area (Å²) in [4.78, 5) is 11.8. The van der Waals surface area contributed by atoms with E-state index in [1.807, 2.05) is 0 Å². The van der Waals surface area contributed by atoms with Crippen LogP contribution in [0.5, 0.6) is 5.75 Å². The minimum absolute atomic E-state index is 0.130. The Labute approximate surface area is 109 Å². The minimum Gasteiger partial charge on any atom is -0.465 e. The minimum atomic E-state index is -4.80. The quantitative estimate of drug-likeness (QED) is 0.790. The van der Waals surface area contributed by atoms with Crippen molar-refractivity contribution in [2.75, 3.05) is 6.61 Å². The van der Waals surface area contributed by atoms with Gasteiger partial charge in [0.05, 0.1) is 12.0 Å². The maximum atomic E-state index is 12.3. The van der Waals surface area contributed by atoms with E-state index in [1.165, 1.54) is 32.0 Å². The van der Waals surface area contributed by atoms with E-state index in [-0.39, 0.29) is 12.2 Å². The number of ether oxygens (including phenoxy) is 2. The van der Waals surface area contributed by atoms with Gasteiger partial charge in [0.2, 0.25) is 0 Å². The van der Waals surface area contributed by atoms with Crippen LogP contribution in [0.15, 0.2) is 24.3 Å². The lowest BCUT2D eigenvalue weighted by Gasteiger charge is -2.25. The molecule has 0 unspecified atom stereocenters. The molecule has 0 saturated heterocycles. The van der Waals surface area contributed by atoms with Gasteiger partial charge in [0.25, 0.3) is 0 Å². The van der Waals surface area contributed by atoms with Crippen LogP contribution < -0.4 is 4.74 Å². The highest BCUT2D eigenvalue weighted by Gasteiger charge is 2.38. The number of carbonyl (C=O) groups excluding carboxylic acids is 1. The summed E-state index contributed by atoms with van der Waals surface area (Å²) in [6.45, 7) is 4.77. The number of esters is 1. The number of para-hydroxylation sites is 1. The maximum absolute atomic E-state index is 12.3. The van der Waals surface area contributed by atoms with Crippen LogP contribution in [0.4, 0.5) is 13.2 Å². The topological polar surface area (TPSA) is 35.5 Å². The van der Waals surface area contributed by atoms with E-state index < -0.39 is 23.5 Å². The first-order valence-electron chi connectivity index (χ1n) is 5.71. The molecule has 0 aliphatic heterocycles. The molecule has 1 rings (SSSR count). The molecule has 106 valence electrons. The second-order valence-electron chi connectivity index (χ2n) is 4.39. The summed E-state index contributed by atoms with van der Waals surface area (Å²) >= 11 is 0. The standard InChI is InChI=1S/C13H15F3O3/c1-4-18-11(17)12(2,3)9-7-5-6-8-10(9)19-13(14,15)16/h5-8H,4H2,1-3H3. The summed E-state index contributed by atoms with van der Waals surface area (Å²) in [5.41, 5.74) is -1.09. The fourth-order valence-corrected chi connectivity index (χ4v) is 1.62. The normalized spacial score (nSPS) is 12.1. The third kappa shape index (κ3) is 3.87. The molecule has 3 nitrogen and oxygen atoms in total. The highest BCUT2D eigenvalue weighted by Crippen LogP contribution is 2.35. The van der Waals surface area contributed by atoms with Crippen LogP contribution in [-0.4, -0.2) is 18.9 Å². The zero-order valence-corrected chi connectivity index (χ0v) is 10.9. The zero-order chi connectivity index (χ0) is 14.7. The van der Waals surface area contributed by atoms with E-state index in [0.717, 1.165) is 0 Å². The van der Waals surface area contributed by atoms with Gasteiger partial charge in [-0.05, 0) is 26.8 Å². The molecule has 6 heteroatoms. The summed E-state index contributed by atoms with van der Waals surface area (Å²) in [7, 11) is 0. The Morgan fingerprint density at radius 1 is 1.21 bits per heavy atom. The van der Waals surface area contributed by atoms with Gasteiger partial charge in [0, 0.05) is 5.56 Å². The molecule has 0 amide bonds. The molecule has 0 radical (unpaired) electrons. The SMILES string of the molecule is CCOC(=O)C(C)(C)c1ccccc1OC(F)(F)F. The Bertz CT molecular complexity index is 453. The van der Waals surface area contributed by atoms with Crippen LogP contribution in [0.3, 0.4) is 0 Å². The molecule has 0 fully saturated rings. The van der Waals surface area contributed by atoms with Crippen molar-refractivity contribution in [1.29, 1.82) is 0 Å². The molecular formula is C13H15F3O3. The maximum Gasteiger partial charge on any atom is 0.573 e. The van der Waals surface area contributed by atoms with Crippen LogP contribution in [-0.2, 0) is 14.9 Å². The molecular weight excluding hydrogens is 261 g/mol. The first-order chi connectivity index (χ1) is 8.68. The predicted molar refractivity (Wildman–Crippen MR) is 62.8 cm³/mol. The molecule has 0 saturated carbocycles. The van der Waals surface area contributed by atoms with Crippen molar-refractivity contribution in [2.24, 2.45) is 0 Å². The van der Waals surface area contributed by atoms with Crippen LogP contribution in [0.2, 0.25) is 0 Å². The molecule has 0 atom stereocenters. The highest BCUT2D eigenvalue weighted by molar-refractivity contribution is 5.83. The first-order valence-corrected chi connectivity index (χ1v) is 5.71. The summed E-state index contributed by atoms with van der Waals surface area (Å²) < 4.78 is 45.8. The number of carbonyl (C=O) groups is 1. The van der Waals surface area contributed by atoms with Crippen molar-refractivity contribution in [3.8, 4) is 5.75 Å². The zero-order valence-electron chi connectivity index (χ0n) is 10.9. The molecule has 1 aromatic rings. The predicted octanol–water partition coefficient (Wildman–Crippen LogP) is 3.43. The third-order valence-corrected chi connectivity index (χ3v) is 2.57. The Kier molecular flexibility index (Phi) is 4.44. The Morgan fingerprint density at radius 2 is 1.79 bits per heavy atom. The molecule has 0 heterocycles. The van der Waals surface area contributed by atoms with Crippen molar-refractivity contribution in [1.82, 2.24) is 0 Å². The Morgan fingerprint density at radius 3 is 2.32 bits per heavy atom. The first kappa shape index (κ1) is 15.3. The average Bonchev–Trinajstić information content (AvgIpc) is 2.27. The van der Waals surface area contributed by atoms with Crippen molar-refractivity contribution in [3.05, 3.63) is 29.8 Å². The van der Waals surface area contributed by atoms with E-state index in [9.17, 15) is 18.0 Å². The van der Waals surface area contributed by atoms with Gasteiger partial charge in [-0.25, -0.2) is 0 Å². The van der Waals surface area contributed by atoms with E-state index >= 15 is 0 Å². The Balaban J connectivity index is 3.16. The van der Waals surface area contributed by atoms with Crippen molar-refractivity contribution in [3.63, 3.8) is 0 Å². The largest absolute Gasteiger partial charge is 0.573 e. The van der Waals surface area contributed by atoms with Crippen LogP contribution >= 0.6 is 0 Å². The molecule has 0 aromatic heterocycles. The van der Waals surface area contributed by atoms with Crippen molar-refractivity contribution < 1.29 is 27.4 Å². The van der Waals surface area contributed by atoms with Crippen molar-refractivity contribution >= 4 is 5.97 Å². The van der Waals surface area contributed by atoms with Gasteiger partial charge in [0.15, 0.2) is 0 Å². The molecule has 0 aliphatic carbocycles. The second kappa shape index (κ2) is 5.50. The molecule has 0 N–H and O–H groups in total. The summed E-state index contributed by atoms with van der Waals surface area (Å²) in [6, 6.07) is 5.53. The summed E-state index contributed by atoms with van der Waals surface area (Å²) in [5, 5.41) is 0. The van der Waals surface area contributed by atoms with E-state index in [4.69, 9.17) is 4.74 Å². The molecule has 1 aromatic carbocycles. The number of benzene rings is 1. The van der Waals surface area contributed by atoms with Gasteiger partial charge >= 0.3 is 12.3 Å². The van der Waals surface area contributed by atoms with Crippen molar-refractivity contribution in [2.45, 2.75) is 32.5 Å². The number of alkyl halides is 3. The number of halogens is 3. The molecule has 0 aliphatic rings. The monoisotopic (exact) mass is 276 g/mol. The highest BCUT2D eigenvalue weighted by atomic mass is 19.4. The lowest BCUT2D eigenvalue weighted by molar-refractivity contribution is -0.275. The average molecular weight is 276 g/mol. The fraction of sp³-hybridized carbons (Fsp3) is 0.462. The van der Waals surface area contributed by atoms with Gasteiger partial charge in [0.1, 0.15) is 5.75 Å². The Hall–Kier alpha value is -1.72. The van der Waals surface area contributed by atoms with E-state index in [2.05, 4.69) is 4.74 Å². The van der Waals surface area contributed by atoms with Gasteiger partial charge in [-0.15, -0.1) is 13.2 Å². The van der Waals surface area contributed by atoms with Crippen LogP contribution in [0.1, 0.15) is 26.3 Å². The summed E-state index contributed by atoms with van der Waals surface area (Å²) in [6.07, 6.45) is -4.80. The van der Waals surface area contributed by atoms with Crippen LogP contribution in [0, 0.1) is 0 Å². The van der Waals surface area contributed by atoms with E-state index in [1.54, 1.807) is 13.0 Å². The van der Waals surface area contributed by atoms with Gasteiger partial charge in [-0.3, -0.25) is 4.79 Å². The molecule has 0 spiro atoms. The lowest BCUT2D eigenvalue weighted by atomic mass is 9.84. The molecule has 19 heavy (non-hydrogen) atoms. The number of hydrogen-bond donors (Lipinski definition) is 0. The molecule has 0 bridgehead atoms. The van der Waals surface area contributed by atoms with Gasteiger partial charge in [-0.1, -0.05) is 18.2 Å². The fourth-order valence-electron chi connectivity index (χ4n) is 1.62. The van der Waals surface area contributed by atoms with Gasteiger partial charge < -0.3 is 9.47 Å². The van der Waals surface area contributed by atoms with Crippen LogP contribution in [0.25, 0.3) is 0 Å².